The molecule has 0 heterocycles. The van der Waals surface area contributed by atoms with Gasteiger partial charge in [-0.3, -0.25) is 0 Å². The molecule has 1 nitrogen and oxygen atoms in total. The van der Waals surface area contributed by atoms with Gasteiger partial charge >= 0.3 is 0 Å². The predicted molar refractivity (Wildman–Crippen MR) is 84.0 cm³/mol. The molecular formula is C17H20ClN. The summed E-state index contributed by atoms with van der Waals surface area (Å²) in [6.07, 6.45) is 2.20. The van der Waals surface area contributed by atoms with Crippen molar-refractivity contribution in [3.8, 4) is 0 Å². The maximum absolute atomic E-state index is 6.03. The summed E-state index contributed by atoms with van der Waals surface area (Å²) in [5.74, 6) is 0. The van der Waals surface area contributed by atoms with Crippen LogP contribution in [0.2, 0.25) is 5.02 Å². The molecule has 2 rings (SSSR count). The molecule has 0 radical (unpaired) electrons. The minimum atomic E-state index is 0.428. The highest BCUT2D eigenvalue weighted by Crippen LogP contribution is 2.21. The Balaban J connectivity index is 1.90. The average Bonchev–Trinajstić information content (AvgIpc) is 2.42. The van der Waals surface area contributed by atoms with Crippen LogP contribution in [0.5, 0.6) is 0 Å². The topological polar surface area (TPSA) is 12.0 Å². The van der Waals surface area contributed by atoms with E-state index in [-0.39, 0.29) is 0 Å². The lowest BCUT2D eigenvalue weighted by molar-refractivity contribution is 0.705. The van der Waals surface area contributed by atoms with Crippen LogP contribution in [0, 0.1) is 6.92 Å². The van der Waals surface area contributed by atoms with Gasteiger partial charge in [0.1, 0.15) is 0 Å². The number of anilines is 1. The number of benzene rings is 2. The van der Waals surface area contributed by atoms with Gasteiger partial charge in [0.25, 0.3) is 0 Å². The lowest BCUT2D eigenvalue weighted by atomic mass is 10.1. The molecule has 0 aliphatic heterocycles. The molecular weight excluding hydrogens is 254 g/mol. The van der Waals surface area contributed by atoms with Crippen molar-refractivity contribution in [2.75, 3.05) is 5.32 Å². The van der Waals surface area contributed by atoms with E-state index in [0.717, 1.165) is 23.6 Å². The molecule has 0 aliphatic rings. The molecule has 0 saturated heterocycles. The van der Waals surface area contributed by atoms with Gasteiger partial charge < -0.3 is 5.32 Å². The van der Waals surface area contributed by atoms with Gasteiger partial charge in [0.05, 0.1) is 0 Å². The second kappa shape index (κ2) is 6.63. The van der Waals surface area contributed by atoms with Crippen LogP contribution in [0.4, 0.5) is 5.69 Å². The zero-order valence-electron chi connectivity index (χ0n) is 11.5. The summed E-state index contributed by atoms with van der Waals surface area (Å²) in [5.41, 5.74) is 3.75. The molecule has 2 aromatic rings. The predicted octanol–water partition coefficient (Wildman–Crippen LogP) is 5.08. The Hall–Kier alpha value is -1.47. The van der Waals surface area contributed by atoms with Crippen LogP contribution in [-0.4, -0.2) is 6.04 Å². The smallest absolute Gasteiger partial charge is 0.0426 e. The number of aryl methyl sites for hydroxylation is 2. The lowest BCUT2D eigenvalue weighted by Gasteiger charge is -2.17. The third-order valence-corrected chi connectivity index (χ3v) is 3.55. The first-order chi connectivity index (χ1) is 9.15. The average molecular weight is 274 g/mol. The number of hydrogen-bond acceptors (Lipinski definition) is 1. The molecule has 0 spiro atoms. The number of halogens is 1. The molecule has 2 aromatic carbocycles. The van der Waals surface area contributed by atoms with Crippen LogP contribution in [0.1, 0.15) is 24.5 Å². The SMILES string of the molecule is Cc1ccc(Cl)cc1NC(C)CCc1ccccc1. The van der Waals surface area contributed by atoms with E-state index in [4.69, 9.17) is 11.6 Å². The Bertz CT molecular complexity index is 522. The molecule has 1 N–H and O–H groups in total. The van der Waals surface area contributed by atoms with Crippen molar-refractivity contribution in [3.05, 3.63) is 64.7 Å². The zero-order valence-corrected chi connectivity index (χ0v) is 12.2. The van der Waals surface area contributed by atoms with Crippen molar-refractivity contribution >= 4 is 17.3 Å². The summed E-state index contributed by atoms with van der Waals surface area (Å²) < 4.78 is 0. The Morgan fingerprint density at radius 3 is 2.58 bits per heavy atom. The lowest BCUT2D eigenvalue weighted by Crippen LogP contribution is -2.16. The molecule has 0 aliphatic carbocycles. The van der Waals surface area contributed by atoms with Gasteiger partial charge in [-0.15, -0.1) is 0 Å². The number of nitrogens with one attached hydrogen (secondary N) is 1. The molecule has 1 unspecified atom stereocenters. The molecule has 0 fully saturated rings. The highest BCUT2D eigenvalue weighted by molar-refractivity contribution is 6.30. The molecule has 1 atom stereocenters. The minimum Gasteiger partial charge on any atom is -0.382 e. The summed E-state index contributed by atoms with van der Waals surface area (Å²) >= 11 is 6.03. The Labute approximate surface area is 120 Å². The van der Waals surface area contributed by atoms with Crippen LogP contribution in [-0.2, 0) is 6.42 Å². The third kappa shape index (κ3) is 4.29. The van der Waals surface area contributed by atoms with Gasteiger partial charge in [-0.2, -0.15) is 0 Å². The molecule has 100 valence electrons. The highest BCUT2D eigenvalue weighted by atomic mass is 35.5. The maximum Gasteiger partial charge on any atom is 0.0426 e. The van der Waals surface area contributed by atoms with Gasteiger partial charge in [0, 0.05) is 16.8 Å². The standard InChI is InChI=1S/C17H20ClN/c1-13-8-11-16(18)12-17(13)19-14(2)9-10-15-6-4-3-5-7-15/h3-8,11-12,14,19H,9-10H2,1-2H3. The van der Waals surface area contributed by atoms with E-state index in [2.05, 4.69) is 55.6 Å². The first-order valence-electron chi connectivity index (χ1n) is 6.72. The van der Waals surface area contributed by atoms with Gasteiger partial charge in [-0.25, -0.2) is 0 Å². The van der Waals surface area contributed by atoms with E-state index in [9.17, 15) is 0 Å². The Kier molecular flexibility index (Phi) is 4.86. The van der Waals surface area contributed by atoms with Crippen molar-refractivity contribution in [3.63, 3.8) is 0 Å². The van der Waals surface area contributed by atoms with Crippen molar-refractivity contribution in [2.45, 2.75) is 32.7 Å². The molecule has 0 amide bonds. The summed E-state index contributed by atoms with van der Waals surface area (Å²) in [4.78, 5) is 0. The molecule has 19 heavy (non-hydrogen) atoms. The normalized spacial score (nSPS) is 12.2. The molecule has 2 heteroatoms. The fourth-order valence-corrected chi connectivity index (χ4v) is 2.29. The van der Waals surface area contributed by atoms with Gasteiger partial charge in [-0.1, -0.05) is 48.0 Å². The monoisotopic (exact) mass is 273 g/mol. The molecule has 0 saturated carbocycles. The van der Waals surface area contributed by atoms with Crippen LogP contribution < -0.4 is 5.32 Å². The Morgan fingerprint density at radius 1 is 1.11 bits per heavy atom. The van der Waals surface area contributed by atoms with Gasteiger partial charge in [0.15, 0.2) is 0 Å². The first kappa shape index (κ1) is 14.0. The van der Waals surface area contributed by atoms with Gasteiger partial charge in [-0.05, 0) is 49.9 Å². The fourth-order valence-electron chi connectivity index (χ4n) is 2.12. The fraction of sp³-hybridized carbons (Fsp3) is 0.294. The second-order valence-corrected chi connectivity index (χ2v) is 5.47. The Morgan fingerprint density at radius 2 is 1.84 bits per heavy atom. The zero-order chi connectivity index (χ0) is 13.7. The highest BCUT2D eigenvalue weighted by Gasteiger charge is 2.05. The van der Waals surface area contributed by atoms with E-state index >= 15 is 0 Å². The first-order valence-corrected chi connectivity index (χ1v) is 7.09. The molecule has 0 aromatic heterocycles. The minimum absolute atomic E-state index is 0.428. The quantitative estimate of drug-likeness (QED) is 0.801. The summed E-state index contributed by atoms with van der Waals surface area (Å²) in [6.45, 7) is 4.31. The van der Waals surface area contributed by atoms with Crippen LogP contribution in [0.25, 0.3) is 0 Å². The van der Waals surface area contributed by atoms with E-state index in [1.54, 1.807) is 0 Å². The second-order valence-electron chi connectivity index (χ2n) is 5.03. The van der Waals surface area contributed by atoms with E-state index in [1.165, 1.54) is 11.1 Å². The van der Waals surface area contributed by atoms with Crippen LogP contribution in [0.15, 0.2) is 48.5 Å². The van der Waals surface area contributed by atoms with E-state index in [1.807, 2.05) is 12.1 Å². The van der Waals surface area contributed by atoms with Crippen LogP contribution in [0.3, 0.4) is 0 Å². The summed E-state index contributed by atoms with van der Waals surface area (Å²) in [5, 5.41) is 4.32. The van der Waals surface area contributed by atoms with Crippen molar-refractivity contribution in [1.29, 1.82) is 0 Å². The largest absolute Gasteiger partial charge is 0.382 e. The third-order valence-electron chi connectivity index (χ3n) is 3.31. The molecule has 0 bridgehead atoms. The van der Waals surface area contributed by atoms with Crippen molar-refractivity contribution in [2.24, 2.45) is 0 Å². The number of hydrogen-bond donors (Lipinski definition) is 1. The summed E-state index contributed by atoms with van der Waals surface area (Å²) in [7, 11) is 0. The van der Waals surface area contributed by atoms with Crippen molar-refractivity contribution < 1.29 is 0 Å². The van der Waals surface area contributed by atoms with Gasteiger partial charge in [0.2, 0.25) is 0 Å². The summed E-state index contributed by atoms with van der Waals surface area (Å²) in [6, 6.07) is 17.0. The van der Waals surface area contributed by atoms with E-state index < -0.39 is 0 Å². The maximum atomic E-state index is 6.03. The van der Waals surface area contributed by atoms with Crippen molar-refractivity contribution in [1.82, 2.24) is 0 Å². The van der Waals surface area contributed by atoms with E-state index in [0.29, 0.717) is 6.04 Å². The van der Waals surface area contributed by atoms with Crippen LogP contribution >= 0.6 is 11.6 Å². The number of rotatable bonds is 5.